The number of aliphatic hydroxyl groups is 5. The van der Waals surface area contributed by atoms with Gasteiger partial charge in [-0.3, -0.25) is 0 Å². The Balaban J connectivity index is 2.34. The molecule has 0 saturated carbocycles. The molecular weight excluding hydrogens is 324 g/mol. The Kier molecular flexibility index (Phi) is 9.64. The Bertz CT molecular complexity index is 342. The van der Waals surface area contributed by atoms with Crippen LogP contribution in [0.1, 0.15) is 25.7 Å². The van der Waals surface area contributed by atoms with Crippen LogP contribution in [-0.2, 0) is 9.47 Å². The van der Waals surface area contributed by atoms with Crippen molar-refractivity contribution in [3.63, 3.8) is 0 Å². The minimum Gasteiger partial charge on any atom is -0.390 e. The van der Waals surface area contributed by atoms with Gasteiger partial charge in [0.1, 0.15) is 18.3 Å². The van der Waals surface area contributed by atoms with Crippen molar-refractivity contribution in [2.75, 3.05) is 12.4 Å². The van der Waals surface area contributed by atoms with Crippen molar-refractivity contribution < 1.29 is 35.0 Å². The molecular formula is C15H28O7S. The Labute approximate surface area is 142 Å². The van der Waals surface area contributed by atoms with Crippen molar-refractivity contribution in [1.29, 1.82) is 0 Å². The van der Waals surface area contributed by atoms with E-state index in [0.717, 1.165) is 12.8 Å². The van der Waals surface area contributed by atoms with E-state index in [1.54, 1.807) is 6.08 Å². The number of hydrogen-bond acceptors (Lipinski definition) is 8. The van der Waals surface area contributed by atoms with Gasteiger partial charge >= 0.3 is 0 Å². The van der Waals surface area contributed by atoms with Crippen molar-refractivity contribution >= 4 is 12.6 Å². The molecule has 0 spiro atoms. The number of thiol groups is 1. The van der Waals surface area contributed by atoms with Gasteiger partial charge in [-0.25, -0.2) is 0 Å². The SMILES string of the molecule is C=CCCCC(O)C(O)CCOC1OC(CS)C(O)C(O)C1O. The van der Waals surface area contributed by atoms with E-state index in [4.69, 9.17) is 9.47 Å². The van der Waals surface area contributed by atoms with Crippen LogP contribution in [0.25, 0.3) is 0 Å². The molecule has 0 bridgehead atoms. The molecule has 0 aromatic carbocycles. The molecule has 0 radical (unpaired) electrons. The van der Waals surface area contributed by atoms with E-state index in [1.165, 1.54) is 0 Å². The monoisotopic (exact) mass is 352 g/mol. The van der Waals surface area contributed by atoms with Crippen LogP contribution in [0.2, 0.25) is 0 Å². The fourth-order valence-corrected chi connectivity index (χ4v) is 2.67. The minimum absolute atomic E-state index is 0.0313. The first-order chi connectivity index (χ1) is 10.9. The van der Waals surface area contributed by atoms with E-state index in [2.05, 4.69) is 19.2 Å². The molecule has 7 nitrogen and oxygen atoms in total. The molecule has 0 aliphatic carbocycles. The highest BCUT2D eigenvalue weighted by atomic mass is 32.1. The van der Waals surface area contributed by atoms with Gasteiger partial charge in [-0.2, -0.15) is 12.6 Å². The molecule has 136 valence electrons. The molecule has 1 aliphatic heterocycles. The predicted octanol–water partition coefficient (Wildman–Crippen LogP) is -0.791. The van der Waals surface area contributed by atoms with Crippen LogP contribution in [0.4, 0.5) is 0 Å². The Hall–Kier alpha value is -0.190. The van der Waals surface area contributed by atoms with Crippen LogP contribution >= 0.6 is 12.6 Å². The summed E-state index contributed by atoms with van der Waals surface area (Å²) in [4.78, 5) is 0. The van der Waals surface area contributed by atoms with Gasteiger partial charge < -0.3 is 35.0 Å². The first-order valence-electron chi connectivity index (χ1n) is 7.81. The third-order valence-corrected chi connectivity index (χ3v) is 4.26. The lowest BCUT2D eigenvalue weighted by atomic mass is 10.00. The molecule has 0 amide bonds. The summed E-state index contributed by atoms with van der Waals surface area (Å²) in [5.41, 5.74) is 0. The molecule has 1 heterocycles. The highest BCUT2D eigenvalue weighted by molar-refractivity contribution is 7.80. The molecule has 8 heteroatoms. The topological polar surface area (TPSA) is 120 Å². The van der Waals surface area contributed by atoms with Gasteiger partial charge in [0, 0.05) is 5.75 Å². The zero-order valence-electron chi connectivity index (χ0n) is 13.1. The molecule has 23 heavy (non-hydrogen) atoms. The summed E-state index contributed by atoms with van der Waals surface area (Å²) in [6.45, 7) is 3.62. The first-order valence-corrected chi connectivity index (χ1v) is 8.44. The first kappa shape index (κ1) is 20.9. The van der Waals surface area contributed by atoms with Gasteiger partial charge in [-0.15, -0.1) is 6.58 Å². The van der Waals surface area contributed by atoms with Gasteiger partial charge in [0.15, 0.2) is 6.29 Å². The molecule has 0 aromatic heterocycles. The summed E-state index contributed by atoms with van der Waals surface area (Å²) >= 11 is 4.01. The standard InChI is InChI=1S/C15H28O7S/c1-2-3-4-5-9(16)10(17)6-7-21-15-14(20)13(19)12(18)11(8-23)22-15/h2,9-20,23H,1,3-8H2. The van der Waals surface area contributed by atoms with Crippen molar-refractivity contribution in [3.8, 4) is 0 Å². The maximum atomic E-state index is 9.84. The van der Waals surface area contributed by atoms with E-state index in [9.17, 15) is 25.5 Å². The zero-order valence-corrected chi connectivity index (χ0v) is 14.0. The molecule has 0 aromatic rings. The van der Waals surface area contributed by atoms with Crippen LogP contribution < -0.4 is 0 Å². The summed E-state index contributed by atoms with van der Waals surface area (Å²) < 4.78 is 10.7. The number of aliphatic hydroxyl groups excluding tert-OH is 5. The van der Waals surface area contributed by atoms with Crippen LogP contribution in [0, 0.1) is 0 Å². The fraction of sp³-hybridized carbons (Fsp3) is 0.867. The summed E-state index contributed by atoms with van der Waals surface area (Å²) in [6.07, 6.45) is -3.81. The largest absolute Gasteiger partial charge is 0.390 e. The lowest BCUT2D eigenvalue weighted by Gasteiger charge is -2.39. The van der Waals surface area contributed by atoms with Gasteiger partial charge in [0.05, 0.1) is 24.9 Å². The molecule has 5 N–H and O–H groups in total. The van der Waals surface area contributed by atoms with Gasteiger partial charge in [-0.05, 0) is 25.7 Å². The van der Waals surface area contributed by atoms with Crippen molar-refractivity contribution in [3.05, 3.63) is 12.7 Å². The van der Waals surface area contributed by atoms with Gasteiger partial charge in [-0.1, -0.05) is 6.08 Å². The second-order valence-electron chi connectivity index (χ2n) is 5.71. The van der Waals surface area contributed by atoms with Crippen LogP contribution in [-0.4, -0.2) is 80.8 Å². The van der Waals surface area contributed by atoms with Crippen molar-refractivity contribution in [2.24, 2.45) is 0 Å². The molecule has 7 atom stereocenters. The summed E-state index contributed by atoms with van der Waals surface area (Å²) in [6, 6.07) is 0. The smallest absolute Gasteiger partial charge is 0.186 e. The quantitative estimate of drug-likeness (QED) is 0.173. The number of ether oxygens (including phenoxy) is 2. The van der Waals surface area contributed by atoms with Crippen molar-refractivity contribution in [2.45, 2.75) is 68.6 Å². The third-order valence-electron chi connectivity index (χ3n) is 3.90. The average molecular weight is 352 g/mol. The van der Waals surface area contributed by atoms with Crippen molar-refractivity contribution in [1.82, 2.24) is 0 Å². The summed E-state index contributed by atoms with van der Waals surface area (Å²) in [5, 5.41) is 48.9. The normalized spacial score (nSPS) is 34.1. The lowest BCUT2D eigenvalue weighted by Crippen LogP contribution is -2.58. The number of unbranched alkanes of at least 4 members (excludes halogenated alkanes) is 1. The summed E-state index contributed by atoms with van der Waals surface area (Å²) in [5.74, 6) is 0.162. The Morgan fingerprint density at radius 1 is 1.09 bits per heavy atom. The molecule has 7 unspecified atom stereocenters. The highest BCUT2D eigenvalue weighted by Crippen LogP contribution is 2.23. The Morgan fingerprint density at radius 3 is 2.35 bits per heavy atom. The molecule has 1 aliphatic rings. The number of allylic oxidation sites excluding steroid dienone is 1. The second kappa shape index (κ2) is 10.6. The average Bonchev–Trinajstić information content (AvgIpc) is 2.54. The molecule has 1 rings (SSSR count). The third kappa shape index (κ3) is 6.32. The van der Waals surface area contributed by atoms with Crippen LogP contribution in [0.3, 0.4) is 0 Å². The molecule has 1 fully saturated rings. The van der Waals surface area contributed by atoms with E-state index >= 15 is 0 Å². The maximum absolute atomic E-state index is 9.84. The van der Waals surface area contributed by atoms with Gasteiger partial charge in [0.25, 0.3) is 0 Å². The van der Waals surface area contributed by atoms with E-state index in [0.29, 0.717) is 6.42 Å². The van der Waals surface area contributed by atoms with E-state index < -0.39 is 42.9 Å². The van der Waals surface area contributed by atoms with Gasteiger partial charge in [0.2, 0.25) is 0 Å². The highest BCUT2D eigenvalue weighted by Gasteiger charge is 2.43. The number of rotatable bonds is 10. The number of hydrogen-bond donors (Lipinski definition) is 6. The zero-order chi connectivity index (χ0) is 17.4. The fourth-order valence-electron chi connectivity index (χ4n) is 2.37. The maximum Gasteiger partial charge on any atom is 0.186 e. The lowest BCUT2D eigenvalue weighted by molar-refractivity contribution is -0.293. The molecule has 1 saturated heterocycles. The summed E-state index contributed by atoms with van der Waals surface area (Å²) in [7, 11) is 0. The van der Waals surface area contributed by atoms with E-state index in [1.807, 2.05) is 0 Å². The predicted molar refractivity (Wildman–Crippen MR) is 87.2 cm³/mol. The van der Waals surface area contributed by atoms with Crippen LogP contribution in [0.15, 0.2) is 12.7 Å². The minimum atomic E-state index is -1.39. The second-order valence-corrected chi connectivity index (χ2v) is 6.08. The Morgan fingerprint density at radius 2 is 1.74 bits per heavy atom. The van der Waals surface area contributed by atoms with E-state index in [-0.39, 0.29) is 18.8 Å². The van der Waals surface area contributed by atoms with Crippen LogP contribution in [0.5, 0.6) is 0 Å².